The third-order valence-corrected chi connectivity index (χ3v) is 5.19. The molecule has 0 radical (unpaired) electrons. The number of nitrogens with one attached hydrogen (secondary N) is 2. The van der Waals surface area contributed by atoms with Gasteiger partial charge in [0.1, 0.15) is 12.4 Å². The lowest BCUT2D eigenvalue weighted by Gasteiger charge is -2.09. The molecular formula is C21H16Br2N4O. The minimum Gasteiger partial charge on any atom is -0.488 e. The topological polar surface area (TPSA) is 62.3 Å². The molecule has 0 unspecified atom stereocenters. The zero-order chi connectivity index (χ0) is 19.3. The third kappa shape index (κ3) is 4.61. The van der Waals surface area contributed by atoms with Crippen LogP contribution in [0.1, 0.15) is 11.1 Å². The number of hydrazone groups is 1. The molecule has 7 heteroatoms. The van der Waals surface area contributed by atoms with Gasteiger partial charge in [-0.3, -0.25) is 0 Å². The first kappa shape index (κ1) is 18.7. The zero-order valence-corrected chi connectivity index (χ0v) is 17.9. The first-order chi connectivity index (χ1) is 13.7. The van der Waals surface area contributed by atoms with Crippen LogP contribution in [0.4, 0.5) is 5.95 Å². The number of aromatic nitrogens is 2. The summed E-state index contributed by atoms with van der Waals surface area (Å²) in [6, 6.07) is 21.7. The highest BCUT2D eigenvalue weighted by atomic mass is 79.9. The van der Waals surface area contributed by atoms with Gasteiger partial charge in [0.15, 0.2) is 0 Å². The van der Waals surface area contributed by atoms with Crippen molar-refractivity contribution in [2.45, 2.75) is 6.61 Å². The van der Waals surface area contributed by atoms with Crippen molar-refractivity contribution in [2.24, 2.45) is 5.10 Å². The normalized spacial score (nSPS) is 11.2. The highest BCUT2D eigenvalue weighted by Crippen LogP contribution is 2.26. The number of imidazole rings is 1. The molecule has 5 nitrogen and oxygen atoms in total. The molecule has 0 amide bonds. The Morgan fingerprint density at radius 2 is 1.86 bits per heavy atom. The van der Waals surface area contributed by atoms with Crippen molar-refractivity contribution in [2.75, 3.05) is 5.43 Å². The molecule has 0 fully saturated rings. The molecule has 0 atom stereocenters. The molecule has 4 rings (SSSR count). The van der Waals surface area contributed by atoms with Gasteiger partial charge in [0, 0.05) is 4.47 Å². The van der Waals surface area contributed by atoms with E-state index in [-0.39, 0.29) is 0 Å². The Hall–Kier alpha value is -2.64. The molecule has 1 aromatic heterocycles. The lowest BCUT2D eigenvalue weighted by atomic mass is 10.2. The maximum absolute atomic E-state index is 5.89. The van der Waals surface area contributed by atoms with Gasteiger partial charge in [0.25, 0.3) is 0 Å². The van der Waals surface area contributed by atoms with E-state index in [4.69, 9.17) is 4.74 Å². The van der Waals surface area contributed by atoms with Crippen molar-refractivity contribution in [3.63, 3.8) is 0 Å². The van der Waals surface area contributed by atoms with Crippen LogP contribution in [0.5, 0.6) is 5.75 Å². The van der Waals surface area contributed by atoms with Crippen molar-refractivity contribution in [1.29, 1.82) is 0 Å². The average Bonchev–Trinajstić information content (AvgIpc) is 3.11. The third-order valence-electron chi connectivity index (χ3n) is 4.04. The summed E-state index contributed by atoms with van der Waals surface area (Å²) in [5.74, 6) is 1.39. The van der Waals surface area contributed by atoms with Crippen LogP contribution in [0.25, 0.3) is 11.0 Å². The number of H-pyrrole nitrogens is 1. The number of halogens is 2. The number of benzene rings is 3. The first-order valence-electron chi connectivity index (χ1n) is 8.58. The van der Waals surface area contributed by atoms with Gasteiger partial charge >= 0.3 is 0 Å². The summed E-state index contributed by atoms with van der Waals surface area (Å²) in [7, 11) is 0. The molecule has 0 aliphatic carbocycles. The molecular weight excluding hydrogens is 484 g/mol. The highest BCUT2D eigenvalue weighted by Gasteiger charge is 2.03. The lowest BCUT2D eigenvalue weighted by molar-refractivity contribution is 0.304. The number of aromatic amines is 1. The van der Waals surface area contributed by atoms with E-state index < -0.39 is 0 Å². The number of rotatable bonds is 6. The second kappa shape index (κ2) is 8.58. The SMILES string of the molecule is Brc1ccc(COc2ccc(/C=N/Nc3nc4ccccc4[nH]3)cc2Br)cc1. The van der Waals surface area contributed by atoms with Crippen molar-refractivity contribution >= 4 is 55.1 Å². The van der Waals surface area contributed by atoms with Gasteiger partial charge in [-0.05, 0) is 69.5 Å². The summed E-state index contributed by atoms with van der Waals surface area (Å²) < 4.78 is 7.81. The number of nitrogens with zero attached hydrogens (tertiary/aromatic N) is 2. The molecule has 0 saturated carbocycles. The Morgan fingerprint density at radius 3 is 2.64 bits per heavy atom. The lowest BCUT2D eigenvalue weighted by Crippen LogP contribution is -1.97. The summed E-state index contributed by atoms with van der Waals surface area (Å²) in [6.45, 7) is 0.507. The molecule has 0 saturated heterocycles. The quantitative estimate of drug-likeness (QED) is 0.248. The number of fused-ring (bicyclic) bond motifs is 1. The number of para-hydroxylation sites is 2. The van der Waals surface area contributed by atoms with Crippen LogP contribution in [0.3, 0.4) is 0 Å². The van der Waals surface area contributed by atoms with E-state index in [1.54, 1.807) is 6.21 Å². The maximum Gasteiger partial charge on any atom is 0.222 e. The summed E-state index contributed by atoms with van der Waals surface area (Å²) in [6.07, 6.45) is 1.73. The van der Waals surface area contributed by atoms with Crippen LogP contribution >= 0.6 is 31.9 Å². The second-order valence-corrected chi connectivity index (χ2v) is 7.85. The fraction of sp³-hybridized carbons (Fsp3) is 0.0476. The van der Waals surface area contributed by atoms with Crippen LogP contribution in [0, 0.1) is 0 Å². The van der Waals surface area contributed by atoms with Crippen LogP contribution in [0.2, 0.25) is 0 Å². The van der Waals surface area contributed by atoms with Crippen LogP contribution in [-0.4, -0.2) is 16.2 Å². The van der Waals surface area contributed by atoms with E-state index >= 15 is 0 Å². The number of ether oxygens (including phenoxy) is 1. The molecule has 4 aromatic rings. The van der Waals surface area contributed by atoms with Gasteiger partial charge < -0.3 is 9.72 Å². The fourth-order valence-electron chi connectivity index (χ4n) is 2.63. The Kier molecular flexibility index (Phi) is 5.73. The Bertz CT molecular complexity index is 1090. The van der Waals surface area contributed by atoms with E-state index in [2.05, 4.69) is 52.4 Å². The van der Waals surface area contributed by atoms with Crippen molar-refractivity contribution in [1.82, 2.24) is 9.97 Å². The Labute approximate surface area is 179 Å². The van der Waals surface area contributed by atoms with E-state index in [1.165, 1.54) is 0 Å². The van der Waals surface area contributed by atoms with Crippen LogP contribution < -0.4 is 10.2 Å². The van der Waals surface area contributed by atoms with Crippen molar-refractivity contribution in [3.05, 3.63) is 86.8 Å². The summed E-state index contributed by atoms with van der Waals surface area (Å²) in [5, 5.41) is 4.24. The minimum atomic E-state index is 0.507. The number of anilines is 1. The molecule has 0 aliphatic rings. The fourth-order valence-corrected chi connectivity index (χ4v) is 3.41. The van der Waals surface area contributed by atoms with Gasteiger partial charge in [0.2, 0.25) is 5.95 Å². The van der Waals surface area contributed by atoms with Gasteiger partial charge in [-0.2, -0.15) is 5.10 Å². The molecule has 1 heterocycles. The smallest absolute Gasteiger partial charge is 0.222 e. The van der Waals surface area contributed by atoms with Gasteiger partial charge in [-0.1, -0.05) is 40.2 Å². The van der Waals surface area contributed by atoms with E-state index in [0.717, 1.165) is 36.9 Å². The number of hydrogen-bond acceptors (Lipinski definition) is 4. The minimum absolute atomic E-state index is 0.507. The Morgan fingerprint density at radius 1 is 1.04 bits per heavy atom. The second-order valence-electron chi connectivity index (χ2n) is 6.08. The molecule has 28 heavy (non-hydrogen) atoms. The molecule has 3 aromatic carbocycles. The van der Waals surface area contributed by atoms with E-state index in [1.807, 2.05) is 66.7 Å². The summed E-state index contributed by atoms with van der Waals surface area (Å²) >= 11 is 6.99. The van der Waals surface area contributed by atoms with Crippen LogP contribution in [-0.2, 0) is 6.61 Å². The monoisotopic (exact) mass is 498 g/mol. The zero-order valence-electron chi connectivity index (χ0n) is 14.7. The summed E-state index contributed by atoms with van der Waals surface area (Å²) in [5.41, 5.74) is 6.83. The standard InChI is InChI=1S/C21H16Br2N4O/c22-16-8-5-14(6-9-16)13-28-20-10-7-15(11-17(20)23)12-24-27-21-25-18-3-1-2-4-19(18)26-21/h1-12H,13H2,(H2,25,26,27)/b24-12+. The predicted octanol–water partition coefficient (Wildman–Crippen LogP) is 6.11. The van der Waals surface area contributed by atoms with Crippen molar-refractivity contribution in [3.8, 4) is 5.75 Å². The maximum atomic E-state index is 5.89. The number of hydrogen-bond donors (Lipinski definition) is 2. The van der Waals surface area contributed by atoms with E-state index in [9.17, 15) is 0 Å². The molecule has 0 aliphatic heterocycles. The average molecular weight is 500 g/mol. The molecule has 2 N–H and O–H groups in total. The first-order valence-corrected chi connectivity index (χ1v) is 10.2. The Balaban J connectivity index is 1.38. The van der Waals surface area contributed by atoms with E-state index in [0.29, 0.717) is 12.6 Å². The van der Waals surface area contributed by atoms with Gasteiger partial charge in [0.05, 0.1) is 21.7 Å². The largest absolute Gasteiger partial charge is 0.488 e. The van der Waals surface area contributed by atoms with Gasteiger partial charge in [-0.15, -0.1) is 0 Å². The van der Waals surface area contributed by atoms with Crippen molar-refractivity contribution < 1.29 is 4.74 Å². The molecule has 140 valence electrons. The van der Waals surface area contributed by atoms with Gasteiger partial charge in [-0.25, -0.2) is 10.4 Å². The highest BCUT2D eigenvalue weighted by molar-refractivity contribution is 9.10. The predicted molar refractivity (Wildman–Crippen MR) is 120 cm³/mol. The molecule has 0 bridgehead atoms. The summed E-state index contributed by atoms with van der Waals surface area (Å²) in [4.78, 5) is 7.59. The molecule has 0 spiro atoms. The van der Waals surface area contributed by atoms with Crippen LogP contribution in [0.15, 0.2) is 80.8 Å².